The van der Waals surface area contributed by atoms with Gasteiger partial charge in [0.25, 0.3) is 0 Å². The van der Waals surface area contributed by atoms with Crippen molar-refractivity contribution >= 4 is 17.6 Å². The van der Waals surface area contributed by atoms with Crippen LogP contribution in [-0.2, 0) is 14.3 Å². The van der Waals surface area contributed by atoms with Crippen molar-refractivity contribution < 1.29 is 24.2 Å². The number of carboxylic acid groups (broad SMARTS) is 1. The molecule has 1 atom stereocenters. The Kier molecular flexibility index (Phi) is 7.25. The molecule has 1 aromatic rings. The summed E-state index contributed by atoms with van der Waals surface area (Å²) in [5.41, 5.74) is 0.623. The van der Waals surface area contributed by atoms with Gasteiger partial charge in [0.15, 0.2) is 0 Å². The summed E-state index contributed by atoms with van der Waals surface area (Å²) in [6, 6.07) is 7.04. The Morgan fingerprint density at radius 2 is 2.05 bits per heavy atom. The number of nitrogens with one attached hydrogen (secondary N) is 1. The lowest BCUT2D eigenvalue weighted by molar-refractivity contribution is -0.138. The largest absolute Gasteiger partial charge is 0.491 e. The maximum atomic E-state index is 11.8. The minimum atomic E-state index is -0.899. The highest BCUT2D eigenvalue weighted by Gasteiger charge is 2.12. The first-order valence-electron chi connectivity index (χ1n) is 6.74. The Bertz CT molecular complexity index is 475. The van der Waals surface area contributed by atoms with E-state index in [9.17, 15) is 9.59 Å². The number of anilines is 1. The van der Waals surface area contributed by atoms with Gasteiger partial charge in [-0.15, -0.1) is 0 Å². The third kappa shape index (κ3) is 7.31. The summed E-state index contributed by atoms with van der Waals surface area (Å²) in [4.78, 5) is 22.4. The van der Waals surface area contributed by atoms with Gasteiger partial charge in [0, 0.05) is 31.7 Å². The highest BCUT2D eigenvalue weighted by atomic mass is 16.5. The zero-order valence-electron chi connectivity index (χ0n) is 12.3. The highest BCUT2D eigenvalue weighted by Crippen LogP contribution is 2.18. The Balaban J connectivity index is 2.48. The van der Waals surface area contributed by atoms with E-state index >= 15 is 0 Å². The number of carbonyl (C=O) groups excluding carboxylic acids is 1. The molecule has 1 amide bonds. The van der Waals surface area contributed by atoms with Crippen LogP contribution in [0.5, 0.6) is 5.75 Å². The molecular formula is C15H21NO5. The lowest BCUT2D eigenvalue weighted by Crippen LogP contribution is -2.17. The van der Waals surface area contributed by atoms with Crippen molar-refractivity contribution in [1.82, 2.24) is 0 Å². The van der Waals surface area contributed by atoms with E-state index in [2.05, 4.69) is 5.32 Å². The van der Waals surface area contributed by atoms with Gasteiger partial charge in [-0.2, -0.15) is 0 Å². The van der Waals surface area contributed by atoms with Crippen LogP contribution in [0.4, 0.5) is 5.69 Å². The van der Waals surface area contributed by atoms with Crippen LogP contribution in [0, 0.1) is 5.92 Å². The highest BCUT2D eigenvalue weighted by molar-refractivity contribution is 5.91. The van der Waals surface area contributed by atoms with Gasteiger partial charge in [0.1, 0.15) is 12.4 Å². The van der Waals surface area contributed by atoms with Crippen molar-refractivity contribution in [2.75, 3.05) is 25.6 Å². The number of methoxy groups -OCH3 is 1. The van der Waals surface area contributed by atoms with Crippen LogP contribution in [0.2, 0.25) is 0 Å². The van der Waals surface area contributed by atoms with Crippen molar-refractivity contribution in [1.29, 1.82) is 0 Å². The molecule has 0 aromatic heterocycles. The van der Waals surface area contributed by atoms with E-state index in [0.29, 0.717) is 24.7 Å². The van der Waals surface area contributed by atoms with Gasteiger partial charge in [-0.3, -0.25) is 9.59 Å². The SMILES string of the molecule is COCCOc1cccc(NC(=O)CC(C)CC(=O)O)c1. The normalized spacial score (nSPS) is 11.7. The van der Waals surface area contributed by atoms with Crippen LogP contribution in [0.25, 0.3) is 0 Å². The number of aliphatic carboxylic acids is 1. The summed E-state index contributed by atoms with van der Waals surface area (Å²) in [5, 5.41) is 11.4. The number of carbonyl (C=O) groups is 2. The van der Waals surface area contributed by atoms with Crippen molar-refractivity contribution in [3.8, 4) is 5.75 Å². The molecule has 0 bridgehead atoms. The molecule has 0 aliphatic carbocycles. The van der Waals surface area contributed by atoms with Gasteiger partial charge in [0.05, 0.1) is 6.61 Å². The molecule has 0 radical (unpaired) electrons. The lowest BCUT2D eigenvalue weighted by atomic mass is 10.0. The van der Waals surface area contributed by atoms with Gasteiger partial charge in [-0.05, 0) is 18.1 Å². The number of amides is 1. The van der Waals surface area contributed by atoms with E-state index in [1.807, 2.05) is 0 Å². The average molecular weight is 295 g/mol. The third-order valence-electron chi connectivity index (χ3n) is 2.73. The zero-order chi connectivity index (χ0) is 15.7. The van der Waals surface area contributed by atoms with Crippen LogP contribution >= 0.6 is 0 Å². The van der Waals surface area contributed by atoms with Gasteiger partial charge in [-0.1, -0.05) is 13.0 Å². The molecule has 6 heteroatoms. The smallest absolute Gasteiger partial charge is 0.303 e. The number of rotatable bonds is 9. The van der Waals surface area contributed by atoms with Gasteiger partial charge >= 0.3 is 5.97 Å². The number of ether oxygens (including phenoxy) is 2. The number of hydrogen-bond acceptors (Lipinski definition) is 4. The van der Waals surface area contributed by atoms with Crippen molar-refractivity contribution in [3.05, 3.63) is 24.3 Å². The van der Waals surface area contributed by atoms with E-state index in [1.165, 1.54) is 0 Å². The average Bonchev–Trinajstić information content (AvgIpc) is 2.38. The van der Waals surface area contributed by atoms with E-state index in [1.54, 1.807) is 38.3 Å². The predicted octanol–water partition coefficient (Wildman–Crippen LogP) is 2.15. The second-order valence-electron chi connectivity index (χ2n) is 4.82. The number of benzene rings is 1. The van der Waals surface area contributed by atoms with Crippen LogP contribution < -0.4 is 10.1 Å². The standard InChI is InChI=1S/C15H21NO5/c1-11(9-15(18)19)8-14(17)16-12-4-3-5-13(10-12)21-7-6-20-2/h3-5,10-11H,6-9H2,1-2H3,(H,16,17)(H,18,19). The molecular weight excluding hydrogens is 274 g/mol. The molecule has 0 saturated carbocycles. The summed E-state index contributed by atoms with van der Waals surface area (Å²) >= 11 is 0. The fourth-order valence-corrected chi connectivity index (χ4v) is 1.81. The minimum Gasteiger partial charge on any atom is -0.491 e. The van der Waals surface area contributed by atoms with Gasteiger partial charge in [0.2, 0.25) is 5.91 Å². The molecule has 1 unspecified atom stereocenters. The lowest BCUT2D eigenvalue weighted by Gasteiger charge is -2.11. The number of carboxylic acids is 1. The van der Waals surface area contributed by atoms with Crippen LogP contribution in [0.15, 0.2) is 24.3 Å². The monoisotopic (exact) mass is 295 g/mol. The Morgan fingerprint density at radius 3 is 2.71 bits per heavy atom. The molecule has 1 rings (SSSR count). The maximum absolute atomic E-state index is 11.8. The van der Waals surface area contributed by atoms with Crippen molar-refractivity contribution in [2.24, 2.45) is 5.92 Å². The van der Waals surface area contributed by atoms with E-state index in [-0.39, 0.29) is 24.7 Å². The van der Waals surface area contributed by atoms with Gasteiger partial charge < -0.3 is 19.9 Å². The summed E-state index contributed by atoms with van der Waals surface area (Å²) < 4.78 is 10.3. The Morgan fingerprint density at radius 1 is 1.29 bits per heavy atom. The summed E-state index contributed by atoms with van der Waals surface area (Å²) in [7, 11) is 1.60. The minimum absolute atomic E-state index is 0.0202. The van der Waals surface area contributed by atoms with E-state index in [0.717, 1.165) is 0 Å². The molecule has 0 saturated heterocycles. The summed E-state index contributed by atoms with van der Waals surface area (Å²) in [5.74, 6) is -0.672. The summed E-state index contributed by atoms with van der Waals surface area (Å²) in [6.07, 6.45) is 0.147. The zero-order valence-corrected chi connectivity index (χ0v) is 12.3. The third-order valence-corrected chi connectivity index (χ3v) is 2.73. The second-order valence-corrected chi connectivity index (χ2v) is 4.82. The molecule has 0 spiro atoms. The van der Waals surface area contributed by atoms with Crippen LogP contribution in [0.1, 0.15) is 19.8 Å². The topological polar surface area (TPSA) is 84.9 Å². The summed E-state index contributed by atoms with van der Waals surface area (Å²) in [6.45, 7) is 2.66. The van der Waals surface area contributed by atoms with Crippen molar-refractivity contribution in [2.45, 2.75) is 19.8 Å². The van der Waals surface area contributed by atoms with Crippen molar-refractivity contribution in [3.63, 3.8) is 0 Å². The van der Waals surface area contributed by atoms with E-state index < -0.39 is 5.97 Å². The van der Waals surface area contributed by atoms with E-state index in [4.69, 9.17) is 14.6 Å². The first-order valence-corrected chi connectivity index (χ1v) is 6.74. The fraction of sp³-hybridized carbons (Fsp3) is 0.467. The molecule has 2 N–H and O–H groups in total. The fourth-order valence-electron chi connectivity index (χ4n) is 1.81. The Hall–Kier alpha value is -2.08. The second kappa shape index (κ2) is 8.97. The molecule has 1 aromatic carbocycles. The van der Waals surface area contributed by atoms with Crippen LogP contribution in [0.3, 0.4) is 0 Å². The number of hydrogen-bond donors (Lipinski definition) is 2. The predicted molar refractivity (Wildman–Crippen MR) is 78.5 cm³/mol. The molecule has 116 valence electrons. The Labute approximate surface area is 124 Å². The molecule has 21 heavy (non-hydrogen) atoms. The molecule has 0 aliphatic heterocycles. The molecule has 0 heterocycles. The maximum Gasteiger partial charge on any atom is 0.303 e. The first-order chi connectivity index (χ1) is 10.0. The molecule has 0 aliphatic rings. The van der Waals surface area contributed by atoms with Gasteiger partial charge in [-0.25, -0.2) is 0 Å². The first kappa shape index (κ1) is 17.0. The van der Waals surface area contributed by atoms with Crippen LogP contribution in [-0.4, -0.2) is 37.3 Å². The molecule has 0 fully saturated rings. The quantitative estimate of drug-likeness (QED) is 0.682. The molecule has 6 nitrogen and oxygen atoms in total.